The number of anilines is 1. The van der Waals surface area contributed by atoms with Gasteiger partial charge in [-0.3, -0.25) is 0 Å². The minimum atomic E-state index is 0.142. The molecule has 20 heavy (non-hydrogen) atoms. The van der Waals surface area contributed by atoms with Crippen molar-refractivity contribution in [3.8, 4) is 0 Å². The summed E-state index contributed by atoms with van der Waals surface area (Å²) in [6.07, 6.45) is 2.34. The molecule has 0 aromatic heterocycles. The van der Waals surface area contributed by atoms with Gasteiger partial charge in [-0.2, -0.15) is 0 Å². The molecule has 1 aromatic carbocycles. The van der Waals surface area contributed by atoms with Crippen LogP contribution in [0.2, 0.25) is 0 Å². The van der Waals surface area contributed by atoms with Crippen LogP contribution in [0.1, 0.15) is 46.1 Å². The first-order valence-electron chi connectivity index (χ1n) is 7.66. The molecule has 0 spiro atoms. The van der Waals surface area contributed by atoms with E-state index in [1.165, 1.54) is 17.7 Å². The summed E-state index contributed by atoms with van der Waals surface area (Å²) < 4.78 is 0. The highest BCUT2D eigenvalue weighted by molar-refractivity contribution is 5.47. The summed E-state index contributed by atoms with van der Waals surface area (Å²) in [5.41, 5.74) is 2.64. The maximum Gasteiger partial charge on any atom is 0.0606 e. The Morgan fingerprint density at radius 2 is 1.75 bits per heavy atom. The van der Waals surface area contributed by atoms with Crippen LogP contribution in [0.3, 0.4) is 0 Å². The molecule has 1 rings (SSSR count). The van der Waals surface area contributed by atoms with Crippen LogP contribution in [-0.4, -0.2) is 30.3 Å². The van der Waals surface area contributed by atoms with Gasteiger partial charge < -0.3 is 15.3 Å². The van der Waals surface area contributed by atoms with E-state index in [-0.39, 0.29) is 12.1 Å². The van der Waals surface area contributed by atoms with Crippen LogP contribution in [0, 0.1) is 0 Å². The number of aliphatic hydroxyl groups is 1. The van der Waals surface area contributed by atoms with Gasteiger partial charge in [-0.05, 0) is 44.9 Å². The molecule has 3 nitrogen and oxygen atoms in total. The van der Waals surface area contributed by atoms with Gasteiger partial charge in [-0.15, -0.1) is 0 Å². The first kappa shape index (κ1) is 17.0. The Bertz CT molecular complexity index is 368. The lowest BCUT2D eigenvalue weighted by Gasteiger charge is -2.24. The molecule has 2 N–H and O–H groups in total. The fourth-order valence-corrected chi connectivity index (χ4v) is 2.03. The number of hydrogen-bond donors (Lipinski definition) is 2. The zero-order valence-electron chi connectivity index (χ0n) is 13.4. The molecule has 0 aliphatic heterocycles. The molecule has 0 aliphatic carbocycles. The molecule has 0 amide bonds. The standard InChI is InChI=1S/C17H30N2O/c1-5-6-11-19(12-13-20)16-9-7-15(8-10-16)14-18-17(2,3)4/h7-10,18,20H,5-6,11-14H2,1-4H3. The SMILES string of the molecule is CCCCN(CCO)c1ccc(CNC(C)(C)C)cc1. The lowest BCUT2D eigenvalue weighted by Crippen LogP contribution is -2.35. The zero-order valence-corrected chi connectivity index (χ0v) is 13.4. The van der Waals surface area contributed by atoms with Crippen molar-refractivity contribution in [3.05, 3.63) is 29.8 Å². The predicted molar refractivity (Wildman–Crippen MR) is 87.2 cm³/mol. The molecular weight excluding hydrogens is 248 g/mol. The number of aliphatic hydroxyl groups excluding tert-OH is 1. The predicted octanol–water partition coefficient (Wildman–Crippen LogP) is 3.17. The molecule has 3 heteroatoms. The highest BCUT2D eigenvalue weighted by atomic mass is 16.3. The highest BCUT2D eigenvalue weighted by Gasteiger charge is 2.09. The fourth-order valence-electron chi connectivity index (χ4n) is 2.03. The largest absolute Gasteiger partial charge is 0.395 e. The number of nitrogens with one attached hydrogen (secondary N) is 1. The van der Waals surface area contributed by atoms with Gasteiger partial charge >= 0.3 is 0 Å². The summed E-state index contributed by atoms with van der Waals surface area (Å²) >= 11 is 0. The van der Waals surface area contributed by atoms with Gasteiger partial charge in [-0.1, -0.05) is 25.5 Å². The van der Waals surface area contributed by atoms with E-state index in [1.54, 1.807) is 0 Å². The van der Waals surface area contributed by atoms with Crippen LogP contribution in [-0.2, 0) is 6.54 Å². The normalized spacial score (nSPS) is 11.7. The van der Waals surface area contributed by atoms with E-state index in [9.17, 15) is 5.11 Å². The lowest BCUT2D eigenvalue weighted by molar-refractivity contribution is 0.301. The smallest absolute Gasteiger partial charge is 0.0606 e. The summed E-state index contributed by atoms with van der Waals surface area (Å²) in [5, 5.41) is 12.7. The van der Waals surface area contributed by atoms with Gasteiger partial charge in [0.15, 0.2) is 0 Å². The summed E-state index contributed by atoms with van der Waals surface area (Å²) in [6.45, 7) is 11.5. The van der Waals surface area contributed by atoms with Crippen LogP contribution in [0.25, 0.3) is 0 Å². The maximum atomic E-state index is 9.17. The van der Waals surface area contributed by atoms with Crippen molar-refractivity contribution in [1.82, 2.24) is 5.32 Å². The van der Waals surface area contributed by atoms with Crippen LogP contribution in [0.15, 0.2) is 24.3 Å². The van der Waals surface area contributed by atoms with Gasteiger partial charge in [0.25, 0.3) is 0 Å². The van der Waals surface area contributed by atoms with E-state index in [0.29, 0.717) is 6.54 Å². The summed E-state index contributed by atoms with van der Waals surface area (Å²) in [7, 11) is 0. The Morgan fingerprint density at radius 1 is 1.10 bits per heavy atom. The van der Waals surface area contributed by atoms with Gasteiger partial charge in [0.1, 0.15) is 0 Å². The van der Waals surface area contributed by atoms with E-state index in [4.69, 9.17) is 0 Å². The summed E-state index contributed by atoms with van der Waals surface area (Å²) in [5.74, 6) is 0. The van der Waals surface area contributed by atoms with Crippen molar-refractivity contribution < 1.29 is 5.11 Å². The van der Waals surface area contributed by atoms with Crippen molar-refractivity contribution in [2.24, 2.45) is 0 Å². The van der Waals surface area contributed by atoms with Crippen molar-refractivity contribution >= 4 is 5.69 Å². The number of hydrogen-bond acceptors (Lipinski definition) is 3. The lowest BCUT2D eigenvalue weighted by atomic mass is 10.1. The monoisotopic (exact) mass is 278 g/mol. The minimum Gasteiger partial charge on any atom is -0.395 e. The van der Waals surface area contributed by atoms with E-state index < -0.39 is 0 Å². The molecule has 0 bridgehead atoms. The van der Waals surface area contributed by atoms with E-state index in [0.717, 1.165) is 19.5 Å². The number of benzene rings is 1. The average molecular weight is 278 g/mol. The van der Waals surface area contributed by atoms with E-state index >= 15 is 0 Å². The van der Waals surface area contributed by atoms with Gasteiger partial charge in [0.2, 0.25) is 0 Å². The van der Waals surface area contributed by atoms with Crippen LogP contribution in [0.5, 0.6) is 0 Å². The highest BCUT2D eigenvalue weighted by Crippen LogP contribution is 2.16. The van der Waals surface area contributed by atoms with Crippen molar-refractivity contribution in [2.45, 2.75) is 52.6 Å². The van der Waals surface area contributed by atoms with Crippen molar-refractivity contribution in [1.29, 1.82) is 0 Å². The molecule has 0 saturated carbocycles. The third kappa shape index (κ3) is 6.40. The second-order valence-corrected chi connectivity index (χ2v) is 6.33. The minimum absolute atomic E-state index is 0.142. The number of nitrogens with zero attached hydrogens (tertiary/aromatic N) is 1. The Kier molecular flexibility index (Phi) is 7.03. The molecule has 0 fully saturated rings. The third-order valence-corrected chi connectivity index (χ3v) is 3.28. The Labute approximate surface area is 124 Å². The van der Waals surface area contributed by atoms with Crippen molar-refractivity contribution in [3.63, 3.8) is 0 Å². The third-order valence-electron chi connectivity index (χ3n) is 3.28. The molecule has 0 atom stereocenters. The molecule has 114 valence electrons. The summed E-state index contributed by atoms with van der Waals surface area (Å²) in [4.78, 5) is 2.25. The zero-order chi connectivity index (χ0) is 15.0. The van der Waals surface area contributed by atoms with Gasteiger partial charge in [-0.25, -0.2) is 0 Å². The van der Waals surface area contributed by atoms with Crippen LogP contribution >= 0.6 is 0 Å². The molecule has 0 saturated heterocycles. The molecule has 0 unspecified atom stereocenters. The maximum absolute atomic E-state index is 9.17. The summed E-state index contributed by atoms with van der Waals surface area (Å²) in [6, 6.07) is 8.66. The first-order valence-corrected chi connectivity index (χ1v) is 7.66. The number of rotatable bonds is 8. The quantitative estimate of drug-likeness (QED) is 0.766. The Hall–Kier alpha value is -1.06. The Balaban J connectivity index is 2.62. The first-order chi connectivity index (χ1) is 9.46. The molecule has 0 aliphatic rings. The molecule has 1 aromatic rings. The molecule has 0 heterocycles. The van der Waals surface area contributed by atoms with Gasteiger partial charge in [0, 0.05) is 30.9 Å². The van der Waals surface area contributed by atoms with E-state index in [2.05, 4.69) is 62.2 Å². The van der Waals surface area contributed by atoms with Gasteiger partial charge in [0.05, 0.1) is 6.61 Å². The Morgan fingerprint density at radius 3 is 2.25 bits per heavy atom. The second kappa shape index (κ2) is 8.28. The van der Waals surface area contributed by atoms with E-state index in [1.807, 2.05) is 0 Å². The molecular formula is C17H30N2O. The van der Waals surface area contributed by atoms with Crippen LogP contribution < -0.4 is 10.2 Å². The second-order valence-electron chi connectivity index (χ2n) is 6.33. The fraction of sp³-hybridized carbons (Fsp3) is 0.647. The van der Waals surface area contributed by atoms with Crippen LogP contribution in [0.4, 0.5) is 5.69 Å². The van der Waals surface area contributed by atoms with Crippen molar-refractivity contribution in [2.75, 3.05) is 24.6 Å². The number of unbranched alkanes of at least 4 members (excludes halogenated alkanes) is 1. The molecule has 0 radical (unpaired) electrons. The topological polar surface area (TPSA) is 35.5 Å². The average Bonchev–Trinajstić information content (AvgIpc) is 2.41.